The van der Waals surface area contributed by atoms with Crippen LogP contribution in [0.5, 0.6) is 0 Å². The zero-order valence-corrected chi connectivity index (χ0v) is 11.6. The summed E-state index contributed by atoms with van der Waals surface area (Å²) in [4.78, 5) is 24.9. The minimum atomic E-state index is -0.735. The number of carboxylic acid groups (broad SMARTS) is 1. The number of carboxylic acids is 1. The lowest BCUT2D eigenvalue weighted by Crippen LogP contribution is -2.48. The monoisotopic (exact) mass is 268 g/mol. The molecule has 19 heavy (non-hydrogen) atoms. The predicted octanol–water partition coefficient (Wildman–Crippen LogP) is 2.07. The van der Waals surface area contributed by atoms with Crippen LogP contribution in [-0.4, -0.2) is 41.1 Å². The molecule has 1 saturated carbocycles. The Balaban J connectivity index is 1.79. The number of piperidine rings is 1. The third-order valence-electron chi connectivity index (χ3n) is 4.49. The molecule has 1 aliphatic carbocycles. The van der Waals surface area contributed by atoms with Crippen molar-refractivity contribution in [2.24, 2.45) is 11.8 Å². The van der Waals surface area contributed by atoms with Crippen LogP contribution >= 0.6 is 0 Å². The van der Waals surface area contributed by atoms with Crippen molar-refractivity contribution in [1.29, 1.82) is 0 Å². The molecule has 5 heteroatoms. The minimum Gasteiger partial charge on any atom is -0.481 e. The Kier molecular flexibility index (Phi) is 4.66. The Bertz CT molecular complexity index is 346. The summed E-state index contributed by atoms with van der Waals surface area (Å²) in [5, 5.41) is 12.0. The average Bonchev–Trinajstić information content (AvgIpc) is 2.87. The van der Waals surface area contributed by atoms with Gasteiger partial charge in [0.1, 0.15) is 0 Å². The highest BCUT2D eigenvalue weighted by Gasteiger charge is 2.32. The molecule has 1 unspecified atom stereocenters. The minimum absolute atomic E-state index is 0.00538. The molecule has 0 radical (unpaired) electrons. The molecular formula is C14H24N2O3. The van der Waals surface area contributed by atoms with E-state index in [-0.39, 0.29) is 18.0 Å². The highest BCUT2D eigenvalue weighted by atomic mass is 16.4. The number of aliphatic carboxylic acids is 1. The van der Waals surface area contributed by atoms with Crippen molar-refractivity contribution in [2.75, 3.05) is 13.1 Å². The van der Waals surface area contributed by atoms with Gasteiger partial charge >= 0.3 is 12.0 Å². The quantitative estimate of drug-likeness (QED) is 0.823. The first kappa shape index (κ1) is 14.2. The largest absolute Gasteiger partial charge is 0.481 e. The number of carbonyl (C=O) groups excluding carboxylic acids is 1. The lowest BCUT2D eigenvalue weighted by molar-refractivity contribution is -0.141. The molecule has 0 spiro atoms. The molecule has 108 valence electrons. The molecule has 0 aromatic heterocycles. The number of nitrogens with one attached hydrogen (secondary N) is 1. The fourth-order valence-electron chi connectivity index (χ4n) is 3.19. The molecule has 1 aliphatic heterocycles. The van der Waals surface area contributed by atoms with Gasteiger partial charge in [-0.2, -0.15) is 0 Å². The van der Waals surface area contributed by atoms with Crippen LogP contribution in [0.3, 0.4) is 0 Å². The number of nitrogens with zero attached hydrogens (tertiary/aromatic N) is 1. The maximum atomic E-state index is 12.2. The Morgan fingerprint density at radius 3 is 2.74 bits per heavy atom. The van der Waals surface area contributed by atoms with E-state index in [1.54, 1.807) is 0 Å². The third-order valence-corrected chi connectivity index (χ3v) is 4.49. The van der Waals surface area contributed by atoms with Crippen molar-refractivity contribution in [3.05, 3.63) is 0 Å². The first-order chi connectivity index (χ1) is 9.10. The topological polar surface area (TPSA) is 69.6 Å². The van der Waals surface area contributed by atoms with Crippen LogP contribution in [0.15, 0.2) is 0 Å². The van der Waals surface area contributed by atoms with Crippen molar-refractivity contribution in [3.8, 4) is 0 Å². The molecule has 1 heterocycles. The van der Waals surface area contributed by atoms with Gasteiger partial charge in [-0.05, 0) is 38.0 Å². The second-order valence-corrected chi connectivity index (χ2v) is 5.86. The molecule has 2 rings (SSSR count). The van der Waals surface area contributed by atoms with Gasteiger partial charge in [0.25, 0.3) is 0 Å². The maximum absolute atomic E-state index is 12.2. The molecule has 0 aromatic rings. The van der Waals surface area contributed by atoms with E-state index in [4.69, 9.17) is 5.11 Å². The number of hydrogen-bond donors (Lipinski definition) is 2. The van der Waals surface area contributed by atoms with Crippen LogP contribution in [0.1, 0.15) is 45.4 Å². The number of carbonyl (C=O) groups is 2. The van der Waals surface area contributed by atoms with Crippen molar-refractivity contribution in [3.63, 3.8) is 0 Å². The van der Waals surface area contributed by atoms with Gasteiger partial charge in [-0.15, -0.1) is 0 Å². The normalized spacial score (nSPS) is 31.2. The second kappa shape index (κ2) is 6.26. The molecule has 2 fully saturated rings. The van der Waals surface area contributed by atoms with E-state index in [2.05, 4.69) is 12.2 Å². The van der Waals surface area contributed by atoms with Gasteiger partial charge in [0.2, 0.25) is 0 Å². The fourth-order valence-corrected chi connectivity index (χ4v) is 3.19. The standard InChI is InChI=1S/C14H24N2O3/c1-2-10-4-3-7-16(9-10)14(19)15-12-6-5-11(8-12)13(17)18/h10-12H,2-9H2,1H3,(H,15,19)(H,17,18)/t10?,11-,12+/m1/s1. The van der Waals surface area contributed by atoms with E-state index < -0.39 is 5.97 Å². The second-order valence-electron chi connectivity index (χ2n) is 5.86. The predicted molar refractivity (Wildman–Crippen MR) is 71.9 cm³/mol. The Hall–Kier alpha value is -1.26. The number of rotatable bonds is 3. The number of amides is 2. The average molecular weight is 268 g/mol. The van der Waals surface area contributed by atoms with Gasteiger partial charge in [0, 0.05) is 19.1 Å². The summed E-state index contributed by atoms with van der Waals surface area (Å²) < 4.78 is 0. The molecule has 1 saturated heterocycles. The van der Waals surface area contributed by atoms with Crippen LogP contribution in [0.2, 0.25) is 0 Å². The SMILES string of the molecule is CCC1CCCN(C(=O)N[C@H]2CC[C@@H](C(=O)O)C2)C1. The lowest BCUT2D eigenvalue weighted by atomic mass is 9.96. The molecular weight excluding hydrogens is 244 g/mol. The summed E-state index contributed by atoms with van der Waals surface area (Å²) in [7, 11) is 0. The van der Waals surface area contributed by atoms with E-state index in [1.807, 2.05) is 4.90 Å². The van der Waals surface area contributed by atoms with E-state index in [0.717, 1.165) is 32.4 Å². The highest BCUT2D eigenvalue weighted by Crippen LogP contribution is 2.26. The van der Waals surface area contributed by atoms with Crippen LogP contribution in [-0.2, 0) is 4.79 Å². The van der Waals surface area contributed by atoms with E-state index in [0.29, 0.717) is 18.8 Å². The Morgan fingerprint density at radius 1 is 1.32 bits per heavy atom. The molecule has 2 N–H and O–H groups in total. The Labute approximate surface area is 114 Å². The summed E-state index contributed by atoms with van der Waals surface area (Å²) in [6.45, 7) is 3.84. The first-order valence-corrected chi connectivity index (χ1v) is 7.38. The lowest BCUT2D eigenvalue weighted by Gasteiger charge is -2.33. The third kappa shape index (κ3) is 3.61. The van der Waals surface area contributed by atoms with E-state index in [9.17, 15) is 9.59 Å². The summed E-state index contributed by atoms with van der Waals surface area (Å²) in [6, 6.07) is 0.0322. The van der Waals surface area contributed by atoms with Crippen LogP contribution in [0, 0.1) is 11.8 Å². The summed E-state index contributed by atoms with van der Waals surface area (Å²) in [5.74, 6) is -0.398. The van der Waals surface area contributed by atoms with Crippen LogP contribution in [0.4, 0.5) is 4.79 Å². The molecule has 0 bridgehead atoms. The zero-order valence-electron chi connectivity index (χ0n) is 11.6. The summed E-state index contributed by atoms with van der Waals surface area (Å²) >= 11 is 0. The fraction of sp³-hybridized carbons (Fsp3) is 0.857. The van der Waals surface area contributed by atoms with Gasteiger partial charge < -0.3 is 15.3 Å². The van der Waals surface area contributed by atoms with Crippen molar-refractivity contribution >= 4 is 12.0 Å². The molecule has 0 aromatic carbocycles. The van der Waals surface area contributed by atoms with E-state index in [1.165, 1.54) is 6.42 Å². The molecule has 5 nitrogen and oxygen atoms in total. The van der Waals surface area contributed by atoms with Gasteiger partial charge in [0.15, 0.2) is 0 Å². The van der Waals surface area contributed by atoms with Crippen LogP contribution in [0.25, 0.3) is 0 Å². The van der Waals surface area contributed by atoms with Gasteiger partial charge in [-0.25, -0.2) is 4.79 Å². The van der Waals surface area contributed by atoms with Crippen molar-refractivity contribution < 1.29 is 14.7 Å². The van der Waals surface area contributed by atoms with Crippen LogP contribution < -0.4 is 5.32 Å². The van der Waals surface area contributed by atoms with Crippen molar-refractivity contribution in [2.45, 2.75) is 51.5 Å². The summed E-state index contributed by atoms with van der Waals surface area (Å²) in [5.41, 5.74) is 0. The van der Waals surface area contributed by atoms with Gasteiger partial charge in [-0.1, -0.05) is 13.3 Å². The van der Waals surface area contributed by atoms with Gasteiger partial charge in [-0.3, -0.25) is 4.79 Å². The summed E-state index contributed by atoms with van der Waals surface area (Å²) in [6.07, 6.45) is 5.45. The first-order valence-electron chi connectivity index (χ1n) is 7.38. The number of hydrogen-bond acceptors (Lipinski definition) is 2. The van der Waals surface area contributed by atoms with Crippen molar-refractivity contribution in [1.82, 2.24) is 10.2 Å². The molecule has 2 aliphatic rings. The Morgan fingerprint density at radius 2 is 2.11 bits per heavy atom. The zero-order chi connectivity index (χ0) is 13.8. The highest BCUT2D eigenvalue weighted by molar-refractivity contribution is 5.75. The van der Waals surface area contributed by atoms with Gasteiger partial charge in [0.05, 0.1) is 5.92 Å². The molecule has 2 amide bonds. The smallest absolute Gasteiger partial charge is 0.317 e. The maximum Gasteiger partial charge on any atom is 0.317 e. The molecule has 3 atom stereocenters. The number of urea groups is 1. The number of likely N-dealkylation sites (tertiary alicyclic amines) is 1. The van der Waals surface area contributed by atoms with E-state index >= 15 is 0 Å².